The maximum atomic E-state index is 10.4. The Kier molecular flexibility index (Phi) is 11.3. The second kappa shape index (κ2) is 13.2. The quantitative estimate of drug-likeness (QED) is 0.417. The van der Waals surface area contributed by atoms with Crippen LogP contribution < -0.4 is 0 Å². The van der Waals surface area contributed by atoms with Crippen molar-refractivity contribution in [3.8, 4) is 0 Å². The lowest BCUT2D eigenvalue weighted by molar-refractivity contribution is -0.137. The molecule has 0 bridgehead atoms. The van der Waals surface area contributed by atoms with Crippen LogP contribution in [-0.4, -0.2) is 11.1 Å². The molecule has 1 aromatic rings. The van der Waals surface area contributed by atoms with E-state index in [2.05, 4.69) is 31.2 Å². The molecule has 0 amide bonds. The number of hydrogen-bond acceptors (Lipinski definition) is 1. The smallest absolute Gasteiger partial charge is 0.303 e. The van der Waals surface area contributed by atoms with Crippen LogP contribution >= 0.6 is 0 Å². The predicted molar refractivity (Wildman–Crippen MR) is 97.9 cm³/mol. The number of aliphatic carboxylic acids is 1. The van der Waals surface area contributed by atoms with Crippen LogP contribution in [0.5, 0.6) is 0 Å². The Bertz CT molecular complexity index is 408. The normalized spacial score (nSPS) is 10.8. The van der Waals surface area contributed by atoms with Gasteiger partial charge in [0.1, 0.15) is 0 Å². The van der Waals surface area contributed by atoms with Crippen LogP contribution in [0.1, 0.15) is 88.7 Å². The molecule has 0 aliphatic rings. The van der Waals surface area contributed by atoms with Gasteiger partial charge in [-0.05, 0) is 43.2 Å². The zero-order valence-electron chi connectivity index (χ0n) is 14.9. The highest BCUT2D eigenvalue weighted by Gasteiger charge is 1.98. The van der Waals surface area contributed by atoms with Gasteiger partial charge in [0.25, 0.3) is 0 Å². The fraction of sp³-hybridized carbons (Fsp3) is 0.667. The van der Waals surface area contributed by atoms with Gasteiger partial charge in [0, 0.05) is 6.42 Å². The van der Waals surface area contributed by atoms with Gasteiger partial charge in [-0.25, -0.2) is 0 Å². The van der Waals surface area contributed by atoms with Crippen molar-refractivity contribution in [2.75, 3.05) is 0 Å². The third kappa shape index (κ3) is 11.0. The molecule has 23 heavy (non-hydrogen) atoms. The first-order chi connectivity index (χ1) is 11.2. The van der Waals surface area contributed by atoms with Gasteiger partial charge in [-0.15, -0.1) is 0 Å². The number of carbonyl (C=O) groups is 1. The van der Waals surface area contributed by atoms with Crippen LogP contribution in [-0.2, 0) is 17.6 Å². The summed E-state index contributed by atoms with van der Waals surface area (Å²) in [6.45, 7) is 2.25. The zero-order valence-corrected chi connectivity index (χ0v) is 14.9. The van der Waals surface area contributed by atoms with Crippen molar-refractivity contribution < 1.29 is 9.90 Å². The van der Waals surface area contributed by atoms with Crippen molar-refractivity contribution >= 4 is 5.97 Å². The van der Waals surface area contributed by atoms with Crippen molar-refractivity contribution in [1.82, 2.24) is 0 Å². The van der Waals surface area contributed by atoms with E-state index in [9.17, 15) is 4.79 Å². The summed E-state index contributed by atoms with van der Waals surface area (Å²) < 4.78 is 0. The lowest BCUT2D eigenvalue weighted by Crippen LogP contribution is -1.93. The summed E-state index contributed by atoms with van der Waals surface area (Å²) >= 11 is 0. The Morgan fingerprint density at radius 3 is 1.65 bits per heavy atom. The van der Waals surface area contributed by atoms with Crippen LogP contribution in [0.15, 0.2) is 24.3 Å². The van der Waals surface area contributed by atoms with Gasteiger partial charge in [-0.3, -0.25) is 4.79 Å². The molecule has 0 heterocycles. The average Bonchev–Trinajstić information content (AvgIpc) is 2.55. The first-order valence-corrected chi connectivity index (χ1v) is 9.52. The van der Waals surface area contributed by atoms with Crippen molar-refractivity contribution in [3.63, 3.8) is 0 Å². The van der Waals surface area contributed by atoms with Gasteiger partial charge in [0.2, 0.25) is 0 Å². The molecule has 0 aliphatic carbocycles. The van der Waals surface area contributed by atoms with Gasteiger partial charge in [-0.2, -0.15) is 0 Å². The summed E-state index contributed by atoms with van der Waals surface area (Å²) in [7, 11) is 0. The minimum atomic E-state index is -0.668. The maximum absolute atomic E-state index is 10.4. The molecule has 2 heteroatoms. The van der Waals surface area contributed by atoms with Crippen molar-refractivity contribution in [2.45, 2.75) is 90.4 Å². The summed E-state index contributed by atoms with van der Waals surface area (Å²) in [5, 5.41) is 8.57. The van der Waals surface area contributed by atoms with E-state index in [0.717, 1.165) is 12.8 Å². The van der Waals surface area contributed by atoms with E-state index >= 15 is 0 Å². The van der Waals surface area contributed by atoms with E-state index in [4.69, 9.17) is 5.11 Å². The monoisotopic (exact) mass is 318 g/mol. The molecule has 0 unspecified atom stereocenters. The van der Waals surface area contributed by atoms with E-state index in [1.807, 2.05) is 0 Å². The number of unbranched alkanes of at least 4 members (excludes halogenated alkanes) is 8. The lowest BCUT2D eigenvalue weighted by Gasteiger charge is -2.05. The fourth-order valence-corrected chi connectivity index (χ4v) is 2.94. The van der Waals surface area contributed by atoms with E-state index in [1.54, 1.807) is 0 Å². The maximum Gasteiger partial charge on any atom is 0.303 e. The Morgan fingerprint density at radius 2 is 1.17 bits per heavy atom. The van der Waals surface area contributed by atoms with Crippen LogP contribution in [0.25, 0.3) is 0 Å². The lowest BCUT2D eigenvalue weighted by atomic mass is 10.0. The zero-order chi connectivity index (χ0) is 16.8. The first kappa shape index (κ1) is 19.7. The summed E-state index contributed by atoms with van der Waals surface area (Å²) in [5.74, 6) is -0.668. The molecule has 0 spiro atoms. The second-order valence-electron chi connectivity index (χ2n) is 6.64. The topological polar surface area (TPSA) is 37.3 Å². The minimum absolute atomic E-state index is 0.324. The molecule has 1 aromatic carbocycles. The molecule has 1 rings (SSSR count). The summed E-state index contributed by atoms with van der Waals surface area (Å²) in [4.78, 5) is 10.4. The molecule has 0 saturated carbocycles. The number of carboxylic acids is 1. The number of hydrogen-bond donors (Lipinski definition) is 1. The Hall–Kier alpha value is -1.31. The highest BCUT2D eigenvalue weighted by Crippen LogP contribution is 2.13. The molecule has 2 nitrogen and oxygen atoms in total. The molecular weight excluding hydrogens is 284 g/mol. The molecule has 0 saturated heterocycles. The highest BCUT2D eigenvalue weighted by molar-refractivity contribution is 5.66. The van der Waals surface area contributed by atoms with Crippen LogP contribution in [0.2, 0.25) is 0 Å². The SMILES string of the molecule is CCCCCCc1ccc(CCCCCCCCC(=O)O)cc1. The molecule has 130 valence electrons. The van der Waals surface area contributed by atoms with Crippen LogP contribution in [0, 0.1) is 0 Å². The first-order valence-electron chi connectivity index (χ1n) is 9.52. The molecule has 1 N–H and O–H groups in total. The molecular formula is C21H34O2. The molecule has 0 aliphatic heterocycles. The third-order valence-corrected chi connectivity index (χ3v) is 4.45. The summed E-state index contributed by atoms with van der Waals surface area (Å²) in [6, 6.07) is 9.18. The largest absolute Gasteiger partial charge is 0.481 e. The van der Waals surface area contributed by atoms with E-state index in [0.29, 0.717) is 6.42 Å². The van der Waals surface area contributed by atoms with Crippen molar-refractivity contribution in [1.29, 1.82) is 0 Å². The molecule has 0 fully saturated rings. The van der Waals surface area contributed by atoms with Crippen molar-refractivity contribution in [2.24, 2.45) is 0 Å². The Morgan fingerprint density at radius 1 is 0.739 bits per heavy atom. The number of benzene rings is 1. The van der Waals surface area contributed by atoms with Gasteiger partial charge >= 0.3 is 5.97 Å². The van der Waals surface area contributed by atoms with Crippen LogP contribution in [0.3, 0.4) is 0 Å². The summed E-state index contributed by atoms with van der Waals surface area (Å²) in [6.07, 6.45) is 14.8. The number of aryl methyl sites for hydroxylation is 2. The van der Waals surface area contributed by atoms with Crippen LogP contribution in [0.4, 0.5) is 0 Å². The van der Waals surface area contributed by atoms with E-state index in [1.165, 1.54) is 75.3 Å². The summed E-state index contributed by atoms with van der Waals surface area (Å²) in [5.41, 5.74) is 2.93. The molecule has 0 atom stereocenters. The standard InChI is InChI=1S/C21H34O2/c1-2-3-4-9-12-19-15-17-20(18-16-19)13-10-7-5-6-8-11-14-21(22)23/h15-18H,2-14H2,1H3,(H,22,23). The predicted octanol–water partition coefficient (Wildman–Crippen LogP) is 6.17. The number of carboxylic acid groups (broad SMARTS) is 1. The molecule has 0 aromatic heterocycles. The van der Waals surface area contributed by atoms with Gasteiger partial charge in [0.15, 0.2) is 0 Å². The average molecular weight is 319 g/mol. The minimum Gasteiger partial charge on any atom is -0.481 e. The third-order valence-electron chi connectivity index (χ3n) is 4.45. The molecule has 0 radical (unpaired) electrons. The van der Waals surface area contributed by atoms with E-state index < -0.39 is 5.97 Å². The van der Waals surface area contributed by atoms with E-state index in [-0.39, 0.29) is 0 Å². The van der Waals surface area contributed by atoms with Crippen molar-refractivity contribution in [3.05, 3.63) is 35.4 Å². The van der Waals surface area contributed by atoms with Gasteiger partial charge < -0.3 is 5.11 Å². The fourth-order valence-electron chi connectivity index (χ4n) is 2.94. The van der Waals surface area contributed by atoms with Gasteiger partial charge in [0.05, 0.1) is 0 Å². The Labute approximate surface area is 142 Å². The Balaban J connectivity index is 2.03. The second-order valence-corrected chi connectivity index (χ2v) is 6.64. The highest BCUT2D eigenvalue weighted by atomic mass is 16.4. The number of rotatable bonds is 14. The van der Waals surface area contributed by atoms with Gasteiger partial charge in [-0.1, -0.05) is 76.1 Å².